The Bertz CT molecular complexity index is 664. The minimum Gasteiger partial charge on any atom is -0.497 e. The van der Waals surface area contributed by atoms with Crippen LogP contribution in [0.1, 0.15) is 5.56 Å². The molecule has 7 heteroatoms. The molecule has 3 heterocycles. The first kappa shape index (κ1) is 16.4. The lowest BCUT2D eigenvalue weighted by Crippen LogP contribution is -2.53. The zero-order valence-electron chi connectivity index (χ0n) is 12.7. The van der Waals surface area contributed by atoms with Crippen LogP contribution in [0, 0.1) is 0 Å². The highest BCUT2D eigenvalue weighted by Crippen LogP contribution is 3.24. The maximum Gasteiger partial charge on any atom is 0.190 e. The monoisotopic (exact) mass is 399 g/mol. The minimum absolute atomic E-state index is 0.0987. The fraction of sp³-hybridized carbons (Fsp3) is 0.250. The van der Waals surface area contributed by atoms with E-state index in [4.69, 9.17) is 34.4 Å². The molecule has 2 bridgehead atoms. The molecule has 120 valence electrons. The number of ether oxygens (including phenoxy) is 2. The largest absolute Gasteiger partial charge is 0.497 e. The predicted molar refractivity (Wildman–Crippen MR) is 110 cm³/mol. The van der Waals surface area contributed by atoms with E-state index in [1.807, 2.05) is 24.3 Å². The molecule has 3 saturated heterocycles. The van der Waals surface area contributed by atoms with Gasteiger partial charge in [0.05, 0.1) is 25.6 Å². The molecule has 0 aromatic heterocycles. The zero-order chi connectivity index (χ0) is 16.2. The van der Waals surface area contributed by atoms with E-state index in [9.17, 15) is 0 Å². The van der Waals surface area contributed by atoms with Gasteiger partial charge in [-0.1, -0.05) is 12.1 Å². The molecule has 3 aliphatic heterocycles. The minimum atomic E-state index is -1.29. The second-order valence-corrected chi connectivity index (χ2v) is 19.4. The Hall–Kier alpha value is -0.0500. The SMILES string of the molecule is COc1ccc(C23S[P+](c4ccc(OC)cc4)(C2S)P3S)cc1. The Labute approximate surface area is 153 Å². The van der Waals surface area contributed by atoms with E-state index >= 15 is 0 Å². The van der Waals surface area contributed by atoms with Crippen LogP contribution in [0.5, 0.6) is 11.5 Å². The summed E-state index contributed by atoms with van der Waals surface area (Å²) in [5.41, 5.74) is 1.33. The molecule has 0 spiro atoms. The highest BCUT2D eigenvalue weighted by atomic mass is 33.1. The fourth-order valence-electron chi connectivity index (χ4n) is 3.16. The Morgan fingerprint density at radius 1 is 1.00 bits per heavy atom. The summed E-state index contributed by atoms with van der Waals surface area (Å²) in [6.45, 7) is -0.359. The van der Waals surface area contributed by atoms with Gasteiger partial charge in [-0.25, -0.2) is 0 Å². The summed E-state index contributed by atoms with van der Waals surface area (Å²) in [6.07, 6.45) is -1.29. The van der Waals surface area contributed by atoms with Gasteiger partial charge in [0, 0.05) is 0 Å². The van der Waals surface area contributed by atoms with Gasteiger partial charge in [0.2, 0.25) is 0 Å². The molecule has 0 saturated carbocycles. The van der Waals surface area contributed by atoms with Crippen molar-refractivity contribution in [1.82, 2.24) is 0 Å². The number of methoxy groups -OCH3 is 2. The molecule has 0 amide bonds. The summed E-state index contributed by atoms with van der Waals surface area (Å²) in [4.78, 5) is 0.394. The molecule has 2 nitrogen and oxygen atoms in total. The molecule has 0 radical (unpaired) electrons. The van der Waals surface area contributed by atoms with Gasteiger partial charge in [-0.3, -0.25) is 0 Å². The normalized spacial score (nSPS) is 34.3. The van der Waals surface area contributed by atoms with Crippen molar-refractivity contribution >= 4 is 54.5 Å². The van der Waals surface area contributed by atoms with Crippen molar-refractivity contribution < 1.29 is 9.47 Å². The van der Waals surface area contributed by atoms with Gasteiger partial charge in [0.15, 0.2) is 22.4 Å². The van der Waals surface area contributed by atoms with Crippen molar-refractivity contribution in [2.24, 2.45) is 0 Å². The van der Waals surface area contributed by atoms with Crippen molar-refractivity contribution in [3.05, 3.63) is 54.1 Å². The van der Waals surface area contributed by atoms with Crippen molar-refractivity contribution in [2.75, 3.05) is 14.2 Å². The first-order valence-electron chi connectivity index (χ1n) is 7.16. The van der Waals surface area contributed by atoms with Gasteiger partial charge in [0.25, 0.3) is 0 Å². The third-order valence-corrected chi connectivity index (χ3v) is 28.3. The third kappa shape index (κ3) is 2.01. The molecule has 4 atom stereocenters. The van der Waals surface area contributed by atoms with Gasteiger partial charge >= 0.3 is 0 Å². The lowest BCUT2D eigenvalue weighted by Gasteiger charge is -2.67. The summed E-state index contributed by atoms with van der Waals surface area (Å²) in [5, 5.41) is 1.42. The van der Waals surface area contributed by atoms with Crippen molar-refractivity contribution in [1.29, 1.82) is 0 Å². The highest BCUT2D eigenvalue weighted by Gasteiger charge is 2.93. The van der Waals surface area contributed by atoms with Crippen LogP contribution < -0.4 is 14.8 Å². The summed E-state index contributed by atoms with van der Waals surface area (Å²) >= 11 is 12.2. The Balaban J connectivity index is 1.64. The van der Waals surface area contributed by atoms with E-state index in [1.165, 1.54) is 10.9 Å². The molecular weight excluding hydrogens is 382 g/mol. The Morgan fingerprint density at radius 3 is 1.96 bits per heavy atom. The molecule has 0 N–H and O–H groups in total. The number of hydrogen-bond acceptors (Lipinski definition) is 5. The van der Waals surface area contributed by atoms with Crippen LogP contribution in [0.25, 0.3) is 0 Å². The second-order valence-electron chi connectivity index (χ2n) is 5.50. The van der Waals surface area contributed by atoms with E-state index in [1.54, 1.807) is 14.2 Å². The zero-order valence-corrected chi connectivity index (χ0v) is 17.1. The quantitative estimate of drug-likeness (QED) is 0.532. The molecule has 4 unspecified atom stereocenters. The molecule has 3 aliphatic rings. The van der Waals surface area contributed by atoms with Crippen molar-refractivity contribution in [3.63, 3.8) is 0 Å². The van der Waals surface area contributed by atoms with Crippen LogP contribution >= 0.6 is 49.2 Å². The number of benzene rings is 2. The van der Waals surface area contributed by atoms with E-state index in [2.05, 4.69) is 35.6 Å². The van der Waals surface area contributed by atoms with Crippen molar-refractivity contribution in [3.8, 4) is 11.5 Å². The van der Waals surface area contributed by atoms with Gasteiger partial charge in [-0.05, 0) is 42.0 Å². The first-order valence-corrected chi connectivity index (χ1v) is 14.2. The molecule has 5 rings (SSSR count). The lowest BCUT2D eigenvalue weighted by atomic mass is 10.1. The lowest BCUT2D eigenvalue weighted by molar-refractivity contribution is 0.414. The summed E-state index contributed by atoms with van der Waals surface area (Å²) in [5.74, 6) is 1.79. The molecule has 2 aromatic carbocycles. The number of rotatable bonds is 4. The Kier molecular flexibility index (Phi) is 4.10. The van der Waals surface area contributed by atoms with Crippen LogP contribution in [0.4, 0.5) is 0 Å². The van der Waals surface area contributed by atoms with Gasteiger partial charge < -0.3 is 9.47 Å². The maximum absolute atomic E-state index is 5.27. The van der Waals surface area contributed by atoms with Crippen LogP contribution in [0.3, 0.4) is 0 Å². The van der Waals surface area contributed by atoms with Gasteiger partial charge in [0.1, 0.15) is 16.8 Å². The van der Waals surface area contributed by atoms with Gasteiger partial charge in [-0.15, -0.1) is 24.9 Å². The first-order chi connectivity index (χ1) is 11.1. The van der Waals surface area contributed by atoms with E-state index in [0.717, 1.165) is 11.5 Å². The smallest absolute Gasteiger partial charge is 0.190 e. The second kappa shape index (κ2) is 5.75. The van der Waals surface area contributed by atoms with Crippen molar-refractivity contribution in [2.45, 2.75) is 9.48 Å². The van der Waals surface area contributed by atoms with Crippen LogP contribution in [-0.4, -0.2) is 19.2 Å². The average molecular weight is 399 g/mol. The molecule has 2 aromatic rings. The third-order valence-electron chi connectivity index (χ3n) is 4.48. The highest BCUT2D eigenvalue weighted by molar-refractivity contribution is 9.10. The predicted octanol–water partition coefficient (Wildman–Crippen LogP) is 5.37. The maximum atomic E-state index is 5.27. The van der Waals surface area contributed by atoms with Crippen LogP contribution in [0.15, 0.2) is 48.5 Å². The standard InChI is InChI=1S/C16H16O2P2S3/c1-17-12-5-3-11(4-6-12)16-15(21)20(23-16,19(16)22)14-9-7-13(18-2)8-10-14/h3-10,15,22H,1-2H3/p+1. The van der Waals surface area contributed by atoms with E-state index in [-0.39, 0.29) is 11.3 Å². The Morgan fingerprint density at radius 2 is 1.52 bits per heavy atom. The summed E-state index contributed by atoms with van der Waals surface area (Å²) in [6, 6.07) is 16.9. The average Bonchev–Trinajstić information content (AvgIpc) is 2.61. The van der Waals surface area contributed by atoms with Gasteiger partial charge in [-0.2, -0.15) is 0 Å². The summed E-state index contributed by atoms with van der Waals surface area (Å²) in [7, 11) is 3.40. The fourth-order valence-corrected chi connectivity index (χ4v) is 28.6. The molecule has 23 heavy (non-hydrogen) atoms. The number of thiol groups is 2. The number of hydrogen-bond donors (Lipinski definition) is 2. The van der Waals surface area contributed by atoms with E-state index in [0.29, 0.717) is 4.99 Å². The van der Waals surface area contributed by atoms with Crippen LogP contribution in [0.2, 0.25) is 0 Å². The summed E-state index contributed by atoms with van der Waals surface area (Å²) < 4.78 is 10.6. The van der Waals surface area contributed by atoms with E-state index < -0.39 is 6.15 Å². The van der Waals surface area contributed by atoms with Crippen LogP contribution in [-0.2, 0) is 4.49 Å². The molecule has 3 fully saturated rings. The molecular formula is C16H17O2P2S3+. The topological polar surface area (TPSA) is 18.5 Å². The molecule has 0 aliphatic carbocycles.